The van der Waals surface area contributed by atoms with Crippen molar-refractivity contribution < 1.29 is 23.8 Å². The molecule has 2 saturated carbocycles. The van der Waals surface area contributed by atoms with E-state index >= 15 is 0 Å². The highest BCUT2D eigenvalue weighted by Gasteiger charge is 2.49. The first kappa shape index (κ1) is 24.9. The van der Waals surface area contributed by atoms with Gasteiger partial charge in [-0.15, -0.1) is 0 Å². The zero-order valence-electron chi connectivity index (χ0n) is 20.3. The van der Waals surface area contributed by atoms with Crippen LogP contribution in [0.4, 0.5) is 0 Å². The topological polar surface area (TPSA) is 65.0 Å². The van der Waals surface area contributed by atoms with Crippen molar-refractivity contribution in [3.05, 3.63) is 11.6 Å². The quantitative estimate of drug-likeness (QED) is 0.258. The van der Waals surface area contributed by atoms with E-state index in [1.54, 1.807) is 0 Å². The molecule has 1 aliphatic heterocycles. The van der Waals surface area contributed by atoms with Crippen molar-refractivity contribution in [2.24, 2.45) is 17.8 Å². The van der Waals surface area contributed by atoms with Gasteiger partial charge in [0.1, 0.15) is 0 Å². The fourth-order valence-electron chi connectivity index (χ4n) is 5.20. The van der Waals surface area contributed by atoms with Gasteiger partial charge in [-0.05, 0) is 81.3 Å². The Labute approximate surface area is 190 Å². The number of allylic oxidation sites excluding steroid dienone is 2. The molecule has 0 radical (unpaired) electrons. The third-order valence-corrected chi connectivity index (χ3v) is 12.6. The van der Waals surface area contributed by atoms with Crippen LogP contribution in [0.15, 0.2) is 11.6 Å². The van der Waals surface area contributed by atoms with Gasteiger partial charge in [-0.3, -0.25) is 4.79 Å². The smallest absolute Gasteiger partial charge is 0.303 e. The van der Waals surface area contributed by atoms with Crippen molar-refractivity contribution in [3.8, 4) is 0 Å². The van der Waals surface area contributed by atoms with Gasteiger partial charge in [-0.2, -0.15) is 0 Å². The van der Waals surface area contributed by atoms with E-state index in [1.165, 1.54) is 12.0 Å². The number of unbranched alkanes of at least 4 members (excludes halogenated alkanes) is 1. The summed E-state index contributed by atoms with van der Waals surface area (Å²) in [7, 11) is -1.81. The van der Waals surface area contributed by atoms with Gasteiger partial charge in [-0.1, -0.05) is 32.4 Å². The minimum Gasteiger partial charge on any atom is -0.481 e. The summed E-state index contributed by atoms with van der Waals surface area (Å²) in [6, 6.07) is 0. The first-order valence-electron chi connectivity index (χ1n) is 12.4. The van der Waals surface area contributed by atoms with Gasteiger partial charge in [0.25, 0.3) is 0 Å². The summed E-state index contributed by atoms with van der Waals surface area (Å²) >= 11 is 0. The Morgan fingerprint density at radius 2 is 2.03 bits per heavy atom. The summed E-state index contributed by atoms with van der Waals surface area (Å²) in [5, 5.41) is 9.07. The van der Waals surface area contributed by atoms with Gasteiger partial charge in [0, 0.05) is 25.6 Å². The lowest BCUT2D eigenvalue weighted by Crippen LogP contribution is -2.43. The SMILES string of the molecule is CC(C)(C)[Si](C)(C)OCC1C(OC2CCCCO2)CC2CC(=CCCCC(=O)O)CC21. The Bertz CT molecular complexity index is 632. The van der Waals surface area contributed by atoms with Crippen molar-refractivity contribution in [2.75, 3.05) is 13.2 Å². The summed E-state index contributed by atoms with van der Waals surface area (Å²) in [6.07, 6.45) is 11.1. The van der Waals surface area contributed by atoms with Crippen molar-refractivity contribution in [3.63, 3.8) is 0 Å². The molecule has 3 aliphatic rings. The predicted molar refractivity (Wildman–Crippen MR) is 126 cm³/mol. The summed E-state index contributed by atoms with van der Waals surface area (Å²) in [4.78, 5) is 10.8. The van der Waals surface area contributed by atoms with Gasteiger partial charge in [0.2, 0.25) is 0 Å². The van der Waals surface area contributed by atoms with Gasteiger partial charge < -0.3 is 19.0 Å². The maximum atomic E-state index is 10.8. The fourth-order valence-corrected chi connectivity index (χ4v) is 6.24. The van der Waals surface area contributed by atoms with Crippen LogP contribution in [0.2, 0.25) is 18.1 Å². The van der Waals surface area contributed by atoms with E-state index in [-0.39, 0.29) is 23.9 Å². The van der Waals surface area contributed by atoms with Crippen molar-refractivity contribution in [1.29, 1.82) is 0 Å². The molecule has 5 nitrogen and oxygen atoms in total. The number of rotatable bonds is 9. The van der Waals surface area contributed by atoms with Gasteiger partial charge in [-0.25, -0.2) is 0 Å². The monoisotopic (exact) mass is 452 g/mol. The number of aliphatic carboxylic acids is 1. The molecule has 0 amide bonds. The van der Waals surface area contributed by atoms with Crippen LogP contribution in [0.1, 0.15) is 78.6 Å². The number of hydrogen-bond acceptors (Lipinski definition) is 4. The van der Waals surface area contributed by atoms with E-state index in [0.29, 0.717) is 17.8 Å². The summed E-state index contributed by atoms with van der Waals surface area (Å²) in [5.41, 5.74) is 1.52. The molecule has 0 aromatic heterocycles. The van der Waals surface area contributed by atoms with Crippen molar-refractivity contribution in [1.82, 2.24) is 0 Å². The molecule has 5 atom stereocenters. The molecule has 0 bridgehead atoms. The second-order valence-corrected chi connectivity index (χ2v) is 16.2. The maximum Gasteiger partial charge on any atom is 0.303 e. The molecule has 3 rings (SSSR count). The van der Waals surface area contributed by atoms with E-state index in [9.17, 15) is 4.79 Å². The largest absolute Gasteiger partial charge is 0.481 e. The van der Waals surface area contributed by atoms with Crippen molar-refractivity contribution >= 4 is 14.3 Å². The number of fused-ring (bicyclic) bond motifs is 1. The minimum absolute atomic E-state index is 0.0426. The Morgan fingerprint density at radius 3 is 2.68 bits per heavy atom. The standard InChI is InChI=1S/C25H44O5Si/c1-25(2,3)31(4,5)29-17-21-20-15-18(10-6-7-11-23(26)27)14-19(20)16-22(21)30-24-12-8-9-13-28-24/h10,19-22,24H,6-9,11-17H2,1-5H3,(H,26,27). The molecule has 3 fully saturated rings. The number of ether oxygens (including phenoxy) is 2. The van der Waals surface area contributed by atoms with Crippen LogP contribution in [0.5, 0.6) is 0 Å². The van der Waals surface area contributed by atoms with E-state index in [2.05, 4.69) is 39.9 Å². The Hall–Kier alpha value is -0.693. The van der Waals surface area contributed by atoms with Crippen LogP contribution in [0, 0.1) is 17.8 Å². The van der Waals surface area contributed by atoms with E-state index in [0.717, 1.165) is 58.2 Å². The molecule has 2 aliphatic carbocycles. The van der Waals surface area contributed by atoms with Crippen molar-refractivity contribution in [2.45, 2.75) is 109 Å². The van der Waals surface area contributed by atoms with Crippen LogP contribution in [-0.2, 0) is 18.7 Å². The van der Waals surface area contributed by atoms with Crippen LogP contribution in [-0.4, -0.2) is 45.0 Å². The molecule has 1 heterocycles. The third-order valence-electron chi connectivity index (χ3n) is 8.13. The minimum atomic E-state index is -1.81. The number of carboxylic acids is 1. The summed E-state index contributed by atoms with van der Waals surface area (Å²) in [5.74, 6) is 1.00. The van der Waals surface area contributed by atoms with Crippen LogP contribution in [0.3, 0.4) is 0 Å². The fraction of sp³-hybridized carbons (Fsp3) is 0.880. The molecular formula is C25H44O5Si. The first-order valence-corrected chi connectivity index (χ1v) is 15.3. The average molecular weight is 453 g/mol. The lowest BCUT2D eigenvalue weighted by molar-refractivity contribution is -0.197. The van der Waals surface area contributed by atoms with E-state index in [4.69, 9.17) is 19.0 Å². The van der Waals surface area contributed by atoms with Crippen LogP contribution < -0.4 is 0 Å². The number of carboxylic acid groups (broad SMARTS) is 1. The van der Waals surface area contributed by atoms with E-state index < -0.39 is 14.3 Å². The zero-order chi connectivity index (χ0) is 22.6. The molecule has 0 aromatic carbocycles. The summed E-state index contributed by atoms with van der Waals surface area (Å²) in [6.45, 7) is 13.2. The van der Waals surface area contributed by atoms with Crippen LogP contribution >= 0.6 is 0 Å². The Balaban J connectivity index is 1.63. The molecule has 178 valence electrons. The third kappa shape index (κ3) is 6.65. The van der Waals surface area contributed by atoms with Crippen LogP contribution in [0.25, 0.3) is 0 Å². The second-order valence-electron chi connectivity index (χ2n) is 11.4. The molecule has 1 N–H and O–H groups in total. The molecular weight excluding hydrogens is 408 g/mol. The lowest BCUT2D eigenvalue weighted by Gasteiger charge is -2.38. The normalized spacial score (nSPS) is 33.1. The highest BCUT2D eigenvalue weighted by atomic mass is 28.4. The highest BCUT2D eigenvalue weighted by molar-refractivity contribution is 6.74. The Kier molecular flexibility index (Phi) is 8.44. The molecule has 31 heavy (non-hydrogen) atoms. The average Bonchev–Trinajstić information content (AvgIpc) is 3.20. The van der Waals surface area contributed by atoms with Gasteiger partial charge in [0.15, 0.2) is 14.6 Å². The molecule has 1 saturated heterocycles. The number of hydrogen-bond donors (Lipinski definition) is 1. The lowest BCUT2D eigenvalue weighted by atomic mass is 9.92. The predicted octanol–water partition coefficient (Wildman–Crippen LogP) is 6.15. The number of carbonyl (C=O) groups is 1. The first-order chi connectivity index (χ1) is 14.6. The second kappa shape index (κ2) is 10.5. The van der Waals surface area contributed by atoms with Gasteiger partial charge in [0.05, 0.1) is 6.10 Å². The molecule has 6 heteroatoms. The van der Waals surface area contributed by atoms with E-state index in [1.807, 2.05) is 0 Å². The Morgan fingerprint density at radius 1 is 1.26 bits per heavy atom. The highest BCUT2D eigenvalue weighted by Crippen LogP contribution is 2.52. The molecule has 0 aromatic rings. The summed E-state index contributed by atoms with van der Waals surface area (Å²) < 4.78 is 19.1. The molecule has 0 spiro atoms. The zero-order valence-corrected chi connectivity index (χ0v) is 21.3. The maximum absolute atomic E-state index is 10.8. The molecule has 5 unspecified atom stereocenters. The van der Waals surface area contributed by atoms with Gasteiger partial charge >= 0.3 is 5.97 Å².